The van der Waals surface area contributed by atoms with Crippen LogP contribution < -0.4 is 10.6 Å². The van der Waals surface area contributed by atoms with E-state index in [1.54, 1.807) is 42.5 Å². The van der Waals surface area contributed by atoms with Crippen molar-refractivity contribution in [1.29, 1.82) is 0 Å². The van der Waals surface area contributed by atoms with Crippen LogP contribution in [0.15, 0.2) is 54.2 Å². The van der Waals surface area contributed by atoms with Crippen molar-refractivity contribution < 1.29 is 23.9 Å². The molecular weight excluding hydrogens is 419 g/mol. The number of ether oxygens (including phenoxy) is 2. The first-order chi connectivity index (χ1) is 13.7. The number of esters is 2. The fourth-order valence-electron chi connectivity index (χ4n) is 2.53. The highest BCUT2D eigenvalue weighted by molar-refractivity contribution is 6.40. The standard InChI is InChI=1S/C20H16Cl2N2O5/c1-20(2)28-18(26)12(19(27)29-20)10-23-15-9-4-3-6-11(15)17(25)24-16-13(21)7-5-8-14(16)22/h3-10,23H,1-2H3,(H,24,25). The lowest BCUT2D eigenvalue weighted by Gasteiger charge is -2.29. The summed E-state index contributed by atoms with van der Waals surface area (Å²) in [6.45, 7) is 2.90. The van der Waals surface area contributed by atoms with Gasteiger partial charge in [0.05, 0.1) is 27.0 Å². The third kappa shape index (κ3) is 4.70. The lowest BCUT2D eigenvalue weighted by Crippen LogP contribution is -2.42. The third-order valence-corrected chi connectivity index (χ3v) is 4.49. The Bertz CT molecular complexity index is 991. The van der Waals surface area contributed by atoms with Crippen molar-refractivity contribution in [1.82, 2.24) is 0 Å². The maximum Gasteiger partial charge on any atom is 0.350 e. The number of hydrogen-bond donors (Lipinski definition) is 2. The fraction of sp³-hybridized carbons (Fsp3) is 0.150. The number of para-hydroxylation sites is 2. The van der Waals surface area contributed by atoms with Crippen molar-refractivity contribution in [3.05, 3.63) is 69.8 Å². The Kier molecular flexibility index (Phi) is 5.81. The van der Waals surface area contributed by atoms with Gasteiger partial charge in [0.25, 0.3) is 11.7 Å². The molecule has 3 rings (SSSR count). The molecule has 2 aromatic carbocycles. The molecule has 2 N–H and O–H groups in total. The van der Waals surface area contributed by atoms with E-state index in [-0.39, 0.29) is 26.9 Å². The number of nitrogens with one attached hydrogen (secondary N) is 2. The predicted octanol–water partition coefficient (Wildman–Crippen LogP) is 4.38. The predicted molar refractivity (Wildman–Crippen MR) is 109 cm³/mol. The zero-order valence-electron chi connectivity index (χ0n) is 15.4. The molecule has 1 heterocycles. The van der Waals surface area contributed by atoms with E-state index < -0.39 is 23.6 Å². The first-order valence-corrected chi connectivity index (χ1v) is 9.21. The van der Waals surface area contributed by atoms with E-state index in [0.29, 0.717) is 5.69 Å². The highest BCUT2D eigenvalue weighted by atomic mass is 35.5. The minimum absolute atomic E-state index is 0.234. The summed E-state index contributed by atoms with van der Waals surface area (Å²) in [5.74, 6) is -3.49. The summed E-state index contributed by atoms with van der Waals surface area (Å²) in [7, 11) is 0. The van der Waals surface area contributed by atoms with Gasteiger partial charge in [-0.05, 0) is 24.3 Å². The van der Waals surface area contributed by atoms with Crippen molar-refractivity contribution in [3.8, 4) is 0 Å². The second kappa shape index (κ2) is 8.14. The van der Waals surface area contributed by atoms with Crippen molar-refractivity contribution >= 4 is 52.4 Å². The SMILES string of the molecule is CC1(C)OC(=O)C(=CNc2ccccc2C(=O)Nc2c(Cl)cccc2Cl)C(=O)O1. The van der Waals surface area contributed by atoms with Gasteiger partial charge in [0.1, 0.15) is 0 Å². The number of cyclic esters (lactones) is 2. The lowest BCUT2D eigenvalue weighted by molar-refractivity contribution is -0.222. The van der Waals surface area contributed by atoms with E-state index in [0.717, 1.165) is 6.20 Å². The Morgan fingerprint density at radius 2 is 1.55 bits per heavy atom. The molecule has 1 fully saturated rings. The van der Waals surface area contributed by atoms with E-state index in [9.17, 15) is 14.4 Å². The molecule has 9 heteroatoms. The van der Waals surface area contributed by atoms with E-state index in [1.165, 1.54) is 13.8 Å². The molecule has 1 aliphatic heterocycles. The number of carbonyl (C=O) groups excluding carboxylic acids is 3. The molecule has 0 aromatic heterocycles. The monoisotopic (exact) mass is 434 g/mol. The molecule has 0 unspecified atom stereocenters. The Labute approximate surface area is 176 Å². The van der Waals surface area contributed by atoms with Gasteiger partial charge in [0.2, 0.25) is 0 Å². The van der Waals surface area contributed by atoms with Gasteiger partial charge in [-0.3, -0.25) is 4.79 Å². The minimum Gasteiger partial charge on any atom is -0.419 e. The van der Waals surface area contributed by atoms with Crippen LogP contribution in [0.1, 0.15) is 24.2 Å². The molecule has 29 heavy (non-hydrogen) atoms. The molecule has 7 nitrogen and oxygen atoms in total. The average molecular weight is 435 g/mol. The van der Waals surface area contributed by atoms with E-state index in [1.807, 2.05) is 0 Å². The molecule has 0 bridgehead atoms. The zero-order chi connectivity index (χ0) is 21.2. The summed E-state index contributed by atoms with van der Waals surface area (Å²) in [4.78, 5) is 36.8. The largest absolute Gasteiger partial charge is 0.419 e. The number of halogens is 2. The summed E-state index contributed by atoms with van der Waals surface area (Å²) < 4.78 is 10.1. The van der Waals surface area contributed by atoms with Crippen LogP contribution in [0.2, 0.25) is 10.0 Å². The average Bonchev–Trinajstić information content (AvgIpc) is 2.63. The molecule has 1 saturated heterocycles. The minimum atomic E-state index is -1.34. The number of amides is 1. The summed E-state index contributed by atoms with van der Waals surface area (Å²) in [5, 5.41) is 6.00. The molecule has 1 amide bonds. The first kappa shape index (κ1) is 20.7. The van der Waals surface area contributed by atoms with Gasteiger partial charge in [-0.1, -0.05) is 41.4 Å². The van der Waals surface area contributed by atoms with Crippen LogP contribution in [0.5, 0.6) is 0 Å². The van der Waals surface area contributed by atoms with Gasteiger partial charge in [0.15, 0.2) is 5.57 Å². The van der Waals surface area contributed by atoms with Crippen LogP contribution in [0.3, 0.4) is 0 Å². The molecule has 0 saturated carbocycles. The summed E-state index contributed by atoms with van der Waals surface area (Å²) in [6, 6.07) is 11.4. The van der Waals surface area contributed by atoms with E-state index in [2.05, 4.69) is 10.6 Å². The molecule has 0 aliphatic carbocycles. The smallest absolute Gasteiger partial charge is 0.350 e. The van der Waals surface area contributed by atoms with Crippen molar-refractivity contribution in [3.63, 3.8) is 0 Å². The lowest BCUT2D eigenvalue weighted by atomic mass is 10.1. The van der Waals surface area contributed by atoms with Gasteiger partial charge < -0.3 is 20.1 Å². The van der Waals surface area contributed by atoms with Gasteiger partial charge in [-0.15, -0.1) is 0 Å². The Morgan fingerprint density at radius 1 is 0.966 bits per heavy atom. The molecule has 2 aromatic rings. The second-order valence-corrected chi connectivity index (χ2v) is 7.29. The summed E-state index contributed by atoms with van der Waals surface area (Å²) in [5.41, 5.74) is 0.522. The number of benzene rings is 2. The van der Waals surface area contributed by atoms with Crippen LogP contribution in [0, 0.1) is 0 Å². The van der Waals surface area contributed by atoms with Crippen LogP contribution in [-0.4, -0.2) is 23.6 Å². The maximum atomic E-state index is 12.7. The topological polar surface area (TPSA) is 93.7 Å². The Hall–Kier alpha value is -3.03. The van der Waals surface area contributed by atoms with Crippen molar-refractivity contribution in [2.45, 2.75) is 19.6 Å². The van der Waals surface area contributed by atoms with Crippen LogP contribution >= 0.6 is 23.2 Å². The molecule has 1 aliphatic rings. The summed E-state index contributed by atoms with van der Waals surface area (Å²) >= 11 is 12.2. The maximum absolute atomic E-state index is 12.7. The second-order valence-electron chi connectivity index (χ2n) is 6.48. The molecule has 0 spiro atoms. The normalized spacial score (nSPS) is 15.2. The number of carbonyl (C=O) groups is 3. The van der Waals surface area contributed by atoms with E-state index >= 15 is 0 Å². The molecule has 150 valence electrons. The molecule has 0 radical (unpaired) electrons. The highest BCUT2D eigenvalue weighted by Gasteiger charge is 2.39. The van der Waals surface area contributed by atoms with Gasteiger partial charge in [-0.2, -0.15) is 0 Å². The van der Waals surface area contributed by atoms with Crippen LogP contribution in [0.4, 0.5) is 11.4 Å². The summed E-state index contributed by atoms with van der Waals surface area (Å²) in [6.07, 6.45) is 1.13. The van der Waals surface area contributed by atoms with Crippen molar-refractivity contribution in [2.24, 2.45) is 0 Å². The quantitative estimate of drug-likeness (QED) is 0.421. The Balaban J connectivity index is 1.83. The number of anilines is 2. The van der Waals surface area contributed by atoms with Crippen LogP contribution in [-0.2, 0) is 19.1 Å². The zero-order valence-corrected chi connectivity index (χ0v) is 16.9. The number of rotatable bonds is 4. The first-order valence-electron chi connectivity index (χ1n) is 8.46. The van der Waals surface area contributed by atoms with Crippen LogP contribution in [0.25, 0.3) is 0 Å². The third-order valence-electron chi connectivity index (χ3n) is 3.86. The van der Waals surface area contributed by atoms with E-state index in [4.69, 9.17) is 32.7 Å². The Morgan fingerprint density at radius 3 is 2.17 bits per heavy atom. The van der Waals surface area contributed by atoms with Gasteiger partial charge in [0, 0.05) is 20.0 Å². The van der Waals surface area contributed by atoms with Gasteiger partial charge in [-0.25, -0.2) is 9.59 Å². The molecular formula is C20H16Cl2N2O5. The van der Waals surface area contributed by atoms with Crippen molar-refractivity contribution in [2.75, 3.05) is 10.6 Å². The highest BCUT2D eigenvalue weighted by Crippen LogP contribution is 2.31. The number of hydrogen-bond acceptors (Lipinski definition) is 6. The van der Waals surface area contributed by atoms with Gasteiger partial charge >= 0.3 is 11.9 Å². The molecule has 0 atom stereocenters. The fourth-order valence-corrected chi connectivity index (χ4v) is 3.03.